The summed E-state index contributed by atoms with van der Waals surface area (Å²) in [6.45, 7) is 11.2. The molecular weight excluding hydrogens is 256 g/mol. The monoisotopic (exact) mass is 274 g/mol. The molecule has 1 aromatic carbocycles. The van der Waals surface area contributed by atoms with E-state index in [1.54, 1.807) is 12.1 Å². The lowest BCUT2D eigenvalue weighted by atomic mass is 10.2. The van der Waals surface area contributed by atoms with Crippen LogP contribution in [0.3, 0.4) is 0 Å². The van der Waals surface area contributed by atoms with Gasteiger partial charge in [0, 0.05) is 0 Å². The maximum Gasteiger partial charge on any atom is 0.342 e. The Morgan fingerprint density at radius 3 is 2.35 bits per heavy atom. The first-order valence-electron chi connectivity index (χ1n) is 6.24. The molecule has 1 rings (SSSR count). The Labute approximate surface area is 118 Å². The van der Waals surface area contributed by atoms with E-state index >= 15 is 0 Å². The lowest BCUT2D eigenvalue weighted by Gasteiger charge is -2.08. The average Bonchev–Trinajstić information content (AvgIpc) is 2.44. The number of hydrogen-bond acceptors (Lipinski definition) is 4. The van der Waals surface area contributed by atoms with Crippen LogP contribution in [0.2, 0.25) is 0 Å². The van der Waals surface area contributed by atoms with Crippen LogP contribution in [0.1, 0.15) is 24.2 Å². The summed E-state index contributed by atoms with van der Waals surface area (Å²) < 4.78 is 10.1. The van der Waals surface area contributed by atoms with Gasteiger partial charge in [-0.2, -0.15) is 0 Å². The molecule has 0 atom stereocenters. The standard InChI is InChI=1S/C16H18O4/c1-5-12(4)15(17)20-14-8-6-13(7-9-14)16(18)19-10-11(2)3/h5-9,11H,1,4,10H2,2-3H3. The zero-order valence-electron chi connectivity index (χ0n) is 11.7. The molecule has 0 spiro atoms. The minimum Gasteiger partial charge on any atom is -0.462 e. The molecular formula is C16H18O4. The molecule has 106 valence electrons. The minimum absolute atomic E-state index is 0.172. The van der Waals surface area contributed by atoms with Crippen LogP contribution in [-0.4, -0.2) is 18.5 Å². The van der Waals surface area contributed by atoms with Gasteiger partial charge in [0.2, 0.25) is 0 Å². The van der Waals surface area contributed by atoms with E-state index in [0.29, 0.717) is 17.9 Å². The first kappa shape index (κ1) is 15.7. The first-order chi connectivity index (χ1) is 9.43. The van der Waals surface area contributed by atoms with Gasteiger partial charge < -0.3 is 9.47 Å². The van der Waals surface area contributed by atoms with Crippen molar-refractivity contribution in [3.05, 3.63) is 54.6 Å². The molecule has 4 nitrogen and oxygen atoms in total. The number of hydrogen-bond donors (Lipinski definition) is 0. The second-order valence-electron chi connectivity index (χ2n) is 4.64. The van der Waals surface area contributed by atoms with E-state index in [9.17, 15) is 9.59 Å². The normalized spacial score (nSPS) is 9.95. The van der Waals surface area contributed by atoms with Crippen molar-refractivity contribution in [2.24, 2.45) is 5.92 Å². The Morgan fingerprint density at radius 1 is 1.25 bits per heavy atom. The topological polar surface area (TPSA) is 52.6 Å². The van der Waals surface area contributed by atoms with Gasteiger partial charge in [0.05, 0.1) is 17.7 Å². The highest BCUT2D eigenvalue weighted by atomic mass is 16.5. The van der Waals surface area contributed by atoms with Gasteiger partial charge in [-0.15, -0.1) is 0 Å². The van der Waals surface area contributed by atoms with E-state index in [1.807, 2.05) is 13.8 Å². The highest BCUT2D eigenvalue weighted by Crippen LogP contribution is 2.14. The van der Waals surface area contributed by atoms with Crippen LogP contribution in [-0.2, 0) is 9.53 Å². The highest BCUT2D eigenvalue weighted by Gasteiger charge is 2.10. The van der Waals surface area contributed by atoms with Gasteiger partial charge in [-0.05, 0) is 30.2 Å². The summed E-state index contributed by atoms with van der Waals surface area (Å²) in [5.41, 5.74) is 0.582. The van der Waals surface area contributed by atoms with Crippen LogP contribution >= 0.6 is 0 Å². The molecule has 0 fully saturated rings. The molecule has 4 heteroatoms. The summed E-state index contributed by atoms with van der Waals surface area (Å²) in [5, 5.41) is 0. The predicted octanol–water partition coefficient (Wildman–Crippen LogP) is 3.15. The molecule has 0 N–H and O–H groups in total. The third-order valence-electron chi connectivity index (χ3n) is 2.36. The SMILES string of the molecule is C=CC(=C)C(=O)Oc1ccc(C(=O)OCC(C)C)cc1. The van der Waals surface area contributed by atoms with Crippen molar-refractivity contribution < 1.29 is 19.1 Å². The van der Waals surface area contributed by atoms with Crippen molar-refractivity contribution in [2.75, 3.05) is 6.61 Å². The minimum atomic E-state index is -0.574. The number of carbonyl (C=O) groups is 2. The highest BCUT2D eigenvalue weighted by molar-refractivity contribution is 5.92. The summed E-state index contributed by atoms with van der Waals surface area (Å²) in [4.78, 5) is 23.1. The molecule has 0 aromatic heterocycles. The zero-order chi connectivity index (χ0) is 15.1. The van der Waals surface area contributed by atoms with E-state index in [-0.39, 0.29) is 11.5 Å². The van der Waals surface area contributed by atoms with Crippen molar-refractivity contribution in [3.63, 3.8) is 0 Å². The van der Waals surface area contributed by atoms with Crippen molar-refractivity contribution in [1.29, 1.82) is 0 Å². The molecule has 0 heterocycles. The van der Waals surface area contributed by atoms with E-state index in [1.165, 1.54) is 18.2 Å². The number of esters is 2. The number of ether oxygens (including phenoxy) is 2. The average molecular weight is 274 g/mol. The summed E-state index contributed by atoms with van der Waals surface area (Å²) in [7, 11) is 0. The Hall–Kier alpha value is -2.36. The quantitative estimate of drug-likeness (QED) is 0.346. The molecule has 0 aliphatic heterocycles. The largest absolute Gasteiger partial charge is 0.462 e. The van der Waals surface area contributed by atoms with Crippen LogP contribution < -0.4 is 4.74 Å². The van der Waals surface area contributed by atoms with Gasteiger partial charge in [-0.3, -0.25) is 0 Å². The lowest BCUT2D eigenvalue weighted by molar-refractivity contribution is -0.129. The van der Waals surface area contributed by atoms with Crippen molar-refractivity contribution in [1.82, 2.24) is 0 Å². The fraction of sp³-hybridized carbons (Fsp3) is 0.250. The molecule has 1 aromatic rings. The molecule has 0 aliphatic rings. The van der Waals surface area contributed by atoms with Gasteiger partial charge in [-0.25, -0.2) is 9.59 Å². The molecule has 0 radical (unpaired) electrons. The maximum absolute atomic E-state index is 11.7. The van der Waals surface area contributed by atoms with Gasteiger partial charge in [-0.1, -0.05) is 33.1 Å². The number of carbonyl (C=O) groups excluding carboxylic acids is 2. The summed E-state index contributed by atoms with van der Waals surface area (Å²) in [6, 6.07) is 6.14. The lowest BCUT2D eigenvalue weighted by Crippen LogP contribution is -2.11. The van der Waals surface area contributed by atoms with Crippen LogP contribution in [0.25, 0.3) is 0 Å². The van der Waals surface area contributed by atoms with E-state index in [2.05, 4.69) is 13.2 Å². The van der Waals surface area contributed by atoms with E-state index in [0.717, 1.165) is 0 Å². The van der Waals surface area contributed by atoms with Crippen molar-refractivity contribution in [3.8, 4) is 5.75 Å². The van der Waals surface area contributed by atoms with Crippen molar-refractivity contribution >= 4 is 11.9 Å². The molecule has 20 heavy (non-hydrogen) atoms. The van der Waals surface area contributed by atoms with Gasteiger partial charge in [0.15, 0.2) is 0 Å². The third-order valence-corrected chi connectivity index (χ3v) is 2.36. The Kier molecular flexibility index (Phi) is 5.72. The van der Waals surface area contributed by atoms with Gasteiger partial charge in [0.1, 0.15) is 5.75 Å². The number of rotatable bonds is 6. The third kappa shape index (κ3) is 4.72. The Bertz CT molecular complexity index is 512. The van der Waals surface area contributed by atoms with Gasteiger partial charge in [0.25, 0.3) is 0 Å². The maximum atomic E-state index is 11.7. The predicted molar refractivity (Wildman–Crippen MR) is 76.5 cm³/mol. The van der Waals surface area contributed by atoms with Crippen LogP contribution in [0.15, 0.2) is 49.1 Å². The van der Waals surface area contributed by atoms with E-state index in [4.69, 9.17) is 9.47 Å². The molecule has 0 saturated heterocycles. The summed E-state index contributed by atoms with van der Waals surface area (Å²) in [5.74, 6) is -0.357. The molecule has 0 saturated carbocycles. The fourth-order valence-corrected chi connectivity index (χ4v) is 1.24. The molecule has 0 unspecified atom stereocenters. The van der Waals surface area contributed by atoms with Crippen LogP contribution in [0, 0.1) is 5.92 Å². The van der Waals surface area contributed by atoms with Gasteiger partial charge >= 0.3 is 11.9 Å². The number of benzene rings is 1. The molecule has 0 amide bonds. The zero-order valence-corrected chi connectivity index (χ0v) is 11.7. The molecule has 0 aliphatic carbocycles. The second-order valence-corrected chi connectivity index (χ2v) is 4.64. The molecule has 0 bridgehead atoms. The van der Waals surface area contributed by atoms with Crippen LogP contribution in [0.4, 0.5) is 0 Å². The smallest absolute Gasteiger partial charge is 0.342 e. The summed E-state index contributed by atoms with van der Waals surface area (Å²) >= 11 is 0. The van der Waals surface area contributed by atoms with Crippen molar-refractivity contribution in [2.45, 2.75) is 13.8 Å². The Morgan fingerprint density at radius 2 is 1.85 bits per heavy atom. The van der Waals surface area contributed by atoms with E-state index < -0.39 is 11.9 Å². The Balaban J connectivity index is 2.64. The van der Waals surface area contributed by atoms with Crippen LogP contribution in [0.5, 0.6) is 5.75 Å². The second kappa shape index (κ2) is 7.28. The first-order valence-corrected chi connectivity index (χ1v) is 6.24. The summed E-state index contributed by atoms with van der Waals surface area (Å²) in [6.07, 6.45) is 1.32. The fourth-order valence-electron chi connectivity index (χ4n) is 1.24.